The Morgan fingerprint density at radius 1 is 1.06 bits per heavy atom. The van der Waals surface area contributed by atoms with Crippen LogP contribution in [0.15, 0.2) is 47.5 Å². The number of nitrogens with two attached hydrogens (primary N) is 1. The Morgan fingerprint density at radius 3 is 2.67 bits per heavy atom. The molecule has 1 saturated heterocycles. The van der Waals surface area contributed by atoms with E-state index in [0.717, 1.165) is 70.6 Å². The van der Waals surface area contributed by atoms with Gasteiger partial charge in [0.2, 0.25) is 0 Å². The lowest BCUT2D eigenvalue weighted by Crippen LogP contribution is -2.51. The first-order chi connectivity index (χ1) is 22.9. The third kappa shape index (κ3) is 6.87. The number of rotatable bonds is 9. The molecule has 1 aromatic carbocycles. The van der Waals surface area contributed by atoms with Crippen molar-refractivity contribution in [2.45, 2.75) is 153 Å². The second kappa shape index (κ2) is 13.3. The Balaban J connectivity index is 0.939. The molecule has 48 heavy (non-hydrogen) atoms. The highest BCUT2D eigenvalue weighted by Crippen LogP contribution is 2.69. The van der Waals surface area contributed by atoms with Gasteiger partial charge in [0.1, 0.15) is 6.23 Å². The number of aliphatic hydroxyl groups is 3. The minimum Gasteiger partial charge on any atom is -0.393 e. The standard InChI is InChI=1S/C41H63N3O4/c1-27-23-40(19-13-29(24-40)14-20-41(47)17-7-10-32(45)25-41)36-39(3,48-36)18-15-34-33(27)26-38(34,2)31-12-11-30(22-31)35(46)44-37(42)43-21-16-28-8-5-4-6-9-28/h4-6,8-9,29-36,45-47H,1,7,10-26H2,2-3H3,(H3,42,43,44)/t29-,30+,31-,32+,33-,34-,35+,36-,38-,39-,40-,41+/m1/s1. The summed E-state index contributed by atoms with van der Waals surface area (Å²) in [7, 11) is 0. The van der Waals surface area contributed by atoms with Crippen LogP contribution < -0.4 is 11.1 Å². The summed E-state index contributed by atoms with van der Waals surface area (Å²) in [6.45, 7) is 10.3. The molecule has 1 aliphatic heterocycles. The number of hydrogen-bond donors (Lipinski definition) is 5. The second-order valence-electron chi connectivity index (χ2n) is 18.0. The molecule has 0 bridgehead atoms. The van der Waals surface area contributed by atoms with E-state index in [4.69, 9.17) is 17.0 Å². The summed E-state index contributed by atoms with van der Waals surface area (Å²) >= 11 is 0. The minimum atomic E-state index is -0.683. The average molecular weight is 662 g/mol. The number of epoxide rings is 1. The average Bonchev–Trinajstić information content (AvgIpc) is 3.35. The van der Waals surface area contributed by atoms with Gasteiger partial charge >= 0.3 is 0 Å². The van der Waals surface area contributed by atoms with Crippen molar-refractivity contribution in [1.82, 2.24) is 5.32 Å². The summed E-state index contributed by atoms with van der Waals surface area (Å²) in [6, 6.07) is 10.3. The van der Waals surface area contributed by atoms with Crippen molar-refractivity contribution in [3.05, 3.63) is 48.0 Å². The van der Waals surface area contributed by atoms with Crippen LogP contribution in [0, 0.1) is 40.4 Å². The fraction of sp³-hybridized carbons (Fsp3) is 0.780. The molecule has 6 fully saturated rings. The highest BCUT2D eigenvalue weighted by atomic mass is 16.6. The number of aliphatic hydroxyl groups excluding tert-OH is 2. The van der Waals surface area contributed by atoms with Gasteiger partial charge in [-0.25, -0.2) is 0 Å². The van der Waals surface area contributed by atoms with Gasteiger partial charge in [-0.1, -0.05) is 49.4 Å². The zero-order valence-corrected chi connectivity index (χ0v) is 29.7. The summed E-state index contributed by atoms with van der Waals surface area (Å²) in [5, 5.41) is 35.6. The number of aliphatic imine (C=N–C) groups is 1. The summed E-state index contributed by atoms with van der Waals surface area (Å²) in [4.78, 5) is 4.49. The van der Waals surface area contributed by atoms with Crippen LogP contribution >= 0.6 is 0 Å². The first kappa shape index (κ1) is 34.5. The smallest absolute Gasteiger partial charge is 0.190 e. The van der Waals surface area contributed by atoms with Gasteiger partial charge in [-0.2, -0.15) is 0 Å². The number of benzene rings is 1. The maximum atomic E-state index is 11.2. The van der Waals surface area contributed by atoms with Crippen molar-refractivity contribution < 1.29 is 20.1 Å². The molecule has 0 unspecified atom stereocenters. The van der Waals surface area contributed by atoms with Gasteiger partial charge in [-0.15, -0.1) is 0 Å². The predicted octanol–water partition coefficient (Wildman–Crippen LogP) is 6.64. The molecule has 1 spiro atoms. The predicted molar refractivity (Wildman–Crippen MR) is 191 cm³/mol. The Labute approximate surface area is 289 Å². The topological polar surface area (TPSA) is 124 Å². The minimum absolute atomic E-state index is 0.0259. The fourth-order valence-corrected chi connectivity index (χ4v) is 11.9. The Bertz CT molecular complexity index is 1340. The lowest BCUT2D eigenvalue weighted by Gasteiger charge is -2.58. The fourth-order valence-electron chi connectivity index (χ4n) is 11.9. The Kier molecular flexibility index (Phi) is 9.58. The number of hydrogen-bond acceptors (Lipinski definition) is 5. The molecule has 266 valence electrons. The van der Waals surface area contributed by atoms with Gasteiger partial charge in [-0.05, 0) is 144 Å². The van der Waals surface area contributed by atoms with Crippen LogP contribution in [0.4, 0.5) is 0 Å². The maximum absolute atomic E-state index is 11.2. The number of nitrogens with one attached hydrogen (secondary N) is 1. The van der Waals surface area contributed by atoms with Crippen molar-refractivity contribution in [2.24, 2.45) is 51.1 Å². The van der Waals surface area contributed by atoms with E-state index in [1.807, 2.05) is 18.2 Å². The van der Waals surface area contributed by atoms with E-state index >= 15 is 0 Å². The summed E-state index contributed by atoms with van der Waals surface area (Å²) < 4.78 is 6.70. The van der Waals surface area contributed by atoms with Crippen LogP contribution in [0.25, 0.3) is 0 Å². The number of fused-ring (bicyclic) bond motifs is 3. The molecule has 5 saturated carbocycles. The van der Waals surface area contributed by atoms with E-state index in [-0.39, 0.29) is 28.5 Å². The molecular formula is C41H63N3O4. The number of guanidine groups is 1. The molecule has 7 rings (SSSR count). The van der Waals surface area contributed by atoms with Crippen molar-refractivity contribution in [3.8, 4) is 0 Å². The van der Waals surface area contributed by atoms with Gasteiger partial charge in [0, 0.05) is 24.3 Å². The quantitative estimate of drug-likeness (QED) is 0.0665. The van der Waals surface area contributed by atoms with Gasteiger partial charge in [0.25, 0.3) is 0 Å². The van der Waals surface area contributed by atoms with Crippen molar-refractivity contribution in [1.29, 1.82) is 0 Å². The lowest BCUT2D eigenvalue weighted by atomic mass is 9.46. The summed E-state index contributed by atoms with van der Waals surface area (Å²) in [5.41, 5.74) is 8.64. The Hall–Kier alpha value is -1.93. The number of nitrogens with zero attached hydrogens (tertiary/aromatic N) is 1. The van der Waals surface area contributed by atoms with Crippen LogP contribution in [0.1, 0.15) is 122 Å². The molecule has 5 aliphatic carbocycles. The van der Waals surface area contributed by atoms with E-state index in [9.17, 15) is 15.3 Å². The van der Waals surface area contributed by atoms with Gasteiger partial charge < -0.3 is 31.1 Å². The molecule has 6 aliphatic rings. The zero-order chi connectivity index (χ0) is 33.7. The first-order valence-corrected chi connectivity index (χ1v) is 19.4. The van der Waals surface area contributed by atoms with E-state index < -0.39 is 11.8 Å². The number of ether oxygens (including phenoxy) is 1. The van der Waals surface area contributed by atoms with E-state index in [1.54, 1.807) is 0 Å². The monoisotopic (exact) mass is 661 g/mol. The molecule has 0 aromatic heterocycles. The Morgan fingerprint density at radius 2 is 1.88 bits per heavy atom. The second-order valence-corrected chi connectivity index (χ2v) is 18.0. The van der Waals surface area contributed by atoms with Crippen LogP contribution in [0.2, 0.25) is 0 Å². The molecule has 1 aromatic rings. The molecule has 0 amide bonds. The highest BCUT2D eigenvalue weighted by Gasteiger charge is 2.67. The highest BCUT2D eigenvalue weighted by molar-refractivity contribution is 5.78. The molecule has 0 radical (unpaired) electrons. The van der Waals surface area contributed by atoms with Crippen molar-refractivity contribution >= 4 is 5.96 Å². The summed E-state index contributed by atoms with van der Waals surface area (Å²) in [5.74, 6) is 2.97. The van der Waals surface area contributed by atoms with Crippen LogP contribution in [0.3, 0.4) is 0 Å². The maximum Gasteiger partial charge on any atom is 0.190 e. The SMILES string of the molecule is C=C1C[C@@]2(CC[C@H](CC[C@@]3(O)CCC[C@H](O)C3)C2)[C@@H]2O[C@]2(C)CC[C@@H]2[C@@H]1C[C@]2(C)[C@@H]1CC[C@H]([C@H](O)NC(N)=NCCc2ccccc2)C1. The van der Waals surface area contributed by atoms with E-state index in [2.05, 4.69) is 36.3 Å². The third-order valence-electron chi connectivity index (χ3n) is 14.7. The van der Waals surface area contributed by atoms with Gasteiger partial charge in [0.05, 0.1) is 23.4 Å². The van der Waals surface area contributed by atoms with E-state index in [0.29, 0.717) is 48.7 Å². The normalized spacial score (nSPS) is 45.0. The summed E-state index contributed by atoms with van der Waals surface area (Å²) in [6.07, 6.45) is 16.6. The van der Waals surface area contributed by atoms with Crippen LogP contribution in [-0.4, -0.2) is 57.5 Å². The van der Waals surface area contributed by atoms with Gasteiger partial charge in [0.15, 0.2) is 5.96 Å². The molecule has 6 N–H and O–H groups in total. The molecule has 7 nitrogen and oxygen atoms in total. The van der Waals surface area contributed by atoms with Crippen molar-refractivity contribution in [3.63, 3.8) is 0 Å². The molecule has 7 heteroatoms. The molecule has 12 atom stereocenters. The molecular weight excluding hydrogens is 598 g/mol. The third-order valence-corrected chi connectivity index (χ3v) is 14.7. The van der Waals surface area contributed by atoms with Crippen LogP contribution in [-0.2, 0) is 11.2 Å². The van der Waals surface area contributed by atoms with Gasteiger partial charge in [-0.3, -0.25) is 4.99 Å². The largest absolute Gasteiger partial charge is 0.393 e. The molecule has 1 heterocycles. The zero-order valence-electron chi connectivity index (χ0n) is 29.7. The van der Waals surface area contributed by atoms with Crippen LogP contribution in [0.5, 0.6) is 0 Å². The van der Waals surface area contributed by atoms with E-state index in [1.165, 1.54) is 43.2 Å². The lowest BCUT2D eigenvalue weighted by molar-refractivity contribution is -0.0712. The number of allylic oxidation sites excluding steroid dienone is 1. The first-order valence-electron chi connectivity index (χ1n) is 19.4. The van der Waals surface area contributed by atoms with Crippen molar-refractivity contribution in [2.75, 3.05) is 6.54 Å².